The van der Waals surface area contributed by atoms with Crippen LogP contribution in [0.4, 0.5) is 5.82 Å². The molecule has 4 rings (SSSR count). The van der Waals surface area contributed by atoms with Crippen molar-refractivity contribution >= 4 is 28.5 Å². The molecule has 3 aromatic rings. The molecule has 1 aliphatic rings. The van der Waals surface area contributed by atoms with Crippen LogP contribution in [0.25, 0.3) is 22.2 Å². The molecule has 1 fully saturated rings. The fourth-order valence-electron chi connectivity index (χ4n) is 3.30. The summed E-state index contributed by atoms with van der Waals surface area (Å²) in [6, 6.07) is 12.3. The second-order valence-electron chi connectivity index (χ2n) is 6.46. The molecule has 122 valence electrons. The van der Waals surface area contributed by atoms with E-state index in [1.807, 2.05) is 24.4 Å². The summed E-state index contributed by atoms with van der Waals surface area (Å²) in [5.41, 5.74) is 5.17. The van der Waals surface area contributed by atoms with Crippen LogP contribution in [0.15, 0.2) is 42.6 Å². The first kappa shape index (κ1) is 15.4. The maximum Gasteiger partial charge on any atom is 0.147 e. The van der Waals surface area contributed by atoms with Crippen molar-refractivity contribution in [2.45, 2.75) is 26.2 Å². The number of rotatable bonds is 2. The lowest BCUT2D eigenvalue weighted by molar-refractivity contribution is 0.573. The van der Waals surface area contributed by atoms with Gasteiger partial charge in [0.15, 0.2) is 0 Å². The molecule has 1 aliphatic heterocycles. The minimum absolute atomic E-state index is 0.764. The van der Waals surface area contributed by atoms with Crippen molar-refractivity contribution < 1.29 is 0 Å². The number of benzene rings is 2. The van der Waals surface area contributed by atoms with Crippen molar-refractivity contribution in [1.82, 2.24) is 9.97 Å². The summed E-state index contributed by atoms with van der Waals surface area (Å²) in [6.07, 6.45) is 5.68. The summed E-state index contributed by atoms with van der Waals surface area (Å²) >= 11 is 6.39. The first-order valence-corrected chi connectivity index (χ1v) is 8.87. The molecule has 2 aromatic carbocycles. The monoisotopic (exact) mass is 337 g/mol. The van der Waals surface area contributed by atoms with Crippen molar-refractivity contribution in [3.8, 4) is 11.1 Å². The molecule has 2 heterocycles. The molecule has 3 nitrogen and oxygen atoms in total. The average Bonchev–Trinajstić information content (AvgIpc) is 2.63. The Labute approximate surface area is 147 Å². The number of fused-ring (bicyclic) bond motifs is 1. The van der Waals surface area contributed by atoms with Crippen LogP contribution in [0.2, 0.25) is 5.02 Å². The van der Waals surface area contributed by atoms with E-state index < -0.39 is 0 Å². The van der Waals surface area contributed by atoms with Gasteiger partial charge in [-0.25, -0.2) is 4.98 Å². The van der Waals surface area contributed by atoms with E-state index in [0.717, 1.165) is 46.1 Å². The van der Waals surface area contributed by atoms with E-state index in [-0.39, 0.29) is 0 Å². The molecule has 4 heteroatoms. The lowest BCUT2D eigenvalue weighted by Gasteiger charge is -2.27. The lowest BCUT2D eigenvalue weighted by Crippen LogP contribution is -2.30. The first-order chi connectivity index (χ1) is 11.7. The fraction of sp³-hybridized carbons (Fsp3) is 0.300. The maximum absolute atomic E-state index is 6.39. The van der Waals surface area contributed by atoms with Crippen molar-refractivity contribution in [3.63, 3.8) is 0 Å². The highest BCUT2D eigenvalue weighted by atomic mass is 35.5. The highest BCUT2D eigenvalue weighted by Crippen LogP contribution is 2.31. The Morgan fingerprint density at radius 3 is 2.62 bits per heavy atom. The van der Waals surface area contributed by atoms with Crippen LogP contribution in [0.5, 0.6) is 0 Å². The molecular formula is C20H20ClN3. The Balaban J connectivity index is 1.77. The van der Waals surface area contributed by atoms with Crippen LogP contribution in [0, 0.1) is 6.92 Å². The third-order valence-electron chi connectivity index (χ3n) is 4.64. The van der Waals surface area contributed by atoms with Crippen LogP contribution in [0.3, 0.4) is 0 Å². The molecule has 24 heavy (non-hydrogen) atoms. The van der Waals surface area contributed by atoms with Gasteiger partial charge in [-0.1, -0.05) is 29.3 Å². The molecule has 0 amide bonds. The first-order valence-electron chi connectivity index (χ1n) is 8.49. The number of anilines is 1. The molecule has 0 N–H and O–H groups in total. The summed E-state index contributed by atoms with van der Waals surface area (Å²) in [6.45, 7) is 4.22. The Hall–Kier alpha value is -2.13. The predicted octanol–water partition coefficient (Wildman–Crippen LogP) is 5.25. The van der Waals surface area contributed by atoms with Gasteiger partial charge in [0.2, 0.25) is 0 Å². The third kappa shape index (κ3) is 2.96. The van der Waals surface area contributed by atoms with E-state index in [2.05, 4.69) is 35.0 Å². The number of aryl methyl sites for hydroxylation is 1. The SMILES string of the molecule is Cc1ccc(Cl)c(-c2ccc3ncc(N4CCCCC4)nc3c2)c1. The minimum Gasteiger partial charge on any atom is -0.355 e. The van der Waals surface area contributed by atoms with E-state index in [0.29, 0.717) is 0 Å². The zero-order valence-corrected chi connectivity index (χ0v) is 14.6. The smallest absolute Gasteiger partial charge is 0.147 e. The van der Waals surface area contributed by atoms with Crippen LogP contribution >= 0.6 is 11.6 Å². The van der Waals surface area contributed by atoms with E-state index in [9.17, 15) is 0 Å². The number of piperidine rings is 1. The van der Waals surface area contributed by atoms with Crippen LogP contribution in [-0.4, -0.2) is 23.1 Å². The van der Waals surface area contributed by atoms with Crippen molar-refractivity contribution in [3.05, 3.63) is 53.2 Å². The summed E-state index contributed by atoms with van der Waals surface area (Å²) in [5.74, 6) is 0.981. The summed E-state index contributed by atoms with van der Waals surface area (Å²) in [5, 5.41) is 0.764. The molecule has 0 aliphatic carbocycles. The molecule has 0 radical (unpaired) electrons. The quantitative estimate of drug-likeness (QED) is 0.639. The number of hydrogen-bond acceptors (Lipinski definition) is 3. The minimum atomic E-state index is 0.764. The summed E-state index contributed by atoms with van der Waals surface area (Å²) in [4.78, 5) is 11.8. The van der Waals surface area contributed by atoms with Crippen molar-refractivity contribution in [2.75, 3.05) is 18.0 Å². The fourth-order valence-corrected chi connectivity index (χ4v) is 3.53. The zero-order chi connectivity index (χ0) is 16.5. The van der Waals surface area contributed by atoms with Gasteiger partial charge >= 0.3 is 0 Å². The molecule has 1 aromatic heterocycles. The number of nitrogens with zero attached hydrogens (tertiary/aromatic N) is 3. The number of hydrogen-bond donors (Lipinski definition) is 0. The van der Waals surface area contributed by atoms with E-state index >= 15 is 0 Å². The van der Waals surface area contributed by atoms with Gasteiger partial charge in [-0.05, 0) is 56.0 Å². The number of halogens is 1. The molecular weight excluding hydrogens is 318 g/mol. The Morgan fingerprint density at radius 2 is 1.79 bits per heavy atom. The predicted molar refractivity (Wildman–Crippen MR) is 101 cm³/mol. The Bertz CT molecular complexity index is 885. The lowest BCUT2D eigenvalue weighted by atomic mass is 10.0. The van der Waals surface area contributed by atoms with E-state index in [4.69, 9.17) is 16.6 Å². The molecule has 1 saturated heterocycles. The van der Waals surface area contributed by atoms with Crippen molar-refractivity contribution in [1.29, 1.82) is 0 Å². The van der Waals surface area contributed by atoms with Gasteiger partial charge in [-0.15, -0.1) is 0 Å². The Kier molecular flexibility index (Phi) is 4.11. The third-order valence-corrected chi connectivity index (χ3v) is 4.97. The summed E-state index contributed by atoms with van der Waals surface area (Å²) in [7, 11) is 0. The molecule has 0 atom stereocenters. The zero-order valence-electron chi connectivity index (χ0n) is 13.8. The maximum atomic E-state index is 6.39. The highest BCUT2D eigenvalue weighted by molar-refractivity contribution is 6.33. The average molecular weight is 338 g/mol. The number of aromatic nitrogens is 2. The Morgan fingerprint density at radius 1 is 0.958 bits per heavy atom. The largest absolute Gasteiger partial charge is 0.355 e. The highest BCUT2D eigenvalue weighted by Gasteiger charge is 2.13. The van der Waals surface area contributed by atoms with Gasteiger partial charge in [0.1, 0.15) is 5.82 Å². The standard InChI is InChI=1S/C20H20ClN3/c1-14-5-7-17(21)16(11-14)15-6-8-18-19(12-15)23-20(13-22-18)24-9-3-2-4-10-24/h5-8,11-13H,2-4,9-10H2,1H3. The second kappa shape index (κ2) is 6.40. The van der Waals surface area contributed by atoms with Crippen LogP contribution < -0.4 is 4.90 Å². The van der Waals surface area contributed by atoms with Gasteiger partial charge in [0.05, 0.1) is 17.2 Å². The van der Waals surface area contributed by atoms with Crippen LogP contribution in [0.1, 0.15) is 24.8 Å². The summed E-state index contributed by atoms with van der Waals surface area (Å²) < 4.78 is 0. The molecule has 0 spiro atoms. The van der Waals surface area contributed by atoms with E-state index in [1.165, 1.54) is 24.8 Å². The van der Waals surface area contributed by atoms with Gasteiger partial charge in [-0.2, -0.15) is 0 Å². The van der Waals surface area contributed by atoms with Gasteiger partial charge in [0, 0.05) is 23.7 Å². The molecule has 0 unspecified atom stereocenters. The molecule has 0 saturated carbocycles. The van der Waals surface area contributed by atoms with Gasteiger partial charge in [-0.3, -0.25) is 4.98 Å². The van der Waals surface area contributed by atoms with Gasteiger partial charge in [0.25, 0.3) is 0 Å². The normalized spacial score (nSPS) is 15.0. The van der Waals surface area contributed by atoms with E-state index in [1.54, 1.807) is 0 Å². The van der Waals surface area contributed by atoms with Gasteiger partial charge < -0.3 is 4.90 Å². The topological polar surface area (TPSA) is 29.0 Å². The molecule has 0 bridgehead atoms. The van der Waals surface area contributed by atoms with Crippen LogP contribution in [-0.2, 0) is 0 Å². The second-order valence-corrected chi connectivity index (χ2v) is 6.87. The van der Waals surface area contributed by atoms with Crippen molar-refractivity contribution in [2.24, 2.45) is 0 Å².